The van der Waals surface area contributed by atoms with Gasteiger partial charge in [0.15, 0.2) is 0 Å². The smallest absolute Gasteiger partial charge is 0.236 e. The molecule has 4 N–H and O–H groups in total. The second-order valence-corrected chi connectivity index (χ2v) is 3.72. The third-order valence-corrected chi connectivity index (χ3v) is 2.37. The van der Waals surface area contributed by atoms with Crippen molar-refractivity contribution in [3.05, 3.63) is 35.9 Å². The van der Waals surface area contributed by atoms with Gasteiger partial charge in [0.05, 0.1) is 6.54 Å². The molecule has 0 atom stereocenters. The Morgan fingerprint density at radius 1 is 1.17 bits per heavy atom. The zero-order chi connectivity index (χ0) is 12.7. The SMILES string of the molecule is Cl.NCC(=O)N(CCC(N)=O)Cc1ccccc1. The highest BCUT2D eigenvalue weighted by Gasteiger charge is 2.12. The average Bonchev–Trinajstić information content (AvgIpc) is 2.34. The first-order valence-electron chi connectivity index (χ1n) is 5.43. The van der Waals surface area contributed by atoms with Crippen LogP contribution in [-0.2, 0) is 16.1 Å². The van der Waals surface area contributed by atoms with Crippen molar-refractivity contribution in [3.63, 3.8) is 0 Å². The highest BCUT2D eigenvalue weighted by molar-refractivity contribution is 5.85. The quantitative estimate of drug-likeness (QED) is 0.778. The number of benzene rings is 1. The first-order chi connectivity index (χ1) is 8.13. The molecule has 100 valence electrons. The van der Waals surface area contributed by atoms with Gasteiger partial charge in [-0.1, -0.05) is 30.3 Å². The Bertz CT molecular complexity index is 384. The molecule has 0 saturated carbocycles. The van der Waals surface area contributed by atoms with Crippen molar-refractivity contribution < 1.29 is 9.59 Å². The average molecular weight is 272 g/mol. The summed E-state index contributed by atoms with van der Waals surface area (Å²) >= 11 is 0. The van der Waals surface area contributed by atoms with Gasteiger partial charge >= 0.3 is 0 Å². The van der Waals surface area contributed by atoms with Crippen LogP contribution in [0.25, 0.3) is 0 Å². The van der Waals surface area contributed by atoms with Crippen molar-refractivity contribution >= 4 is 24.2 Å². The Morgan fingerprint density at radius 3 is 2.28 bits per heavy atom. The number of nitrogens with zero attached hydrogens (tertiary/aromatic N) is 1. The summed E-state index contributed by atoms with van der Waals surface area (Å²) in [6.45, 7) is 0.690. The van der Waals surface area contributed by atoms with Crippen LogP contribution in [0, 0.1) is 0 Å². The number of amides is 2. The minimum absolute atomic E-state index is 0. The van der Waals surface area contributed by atoms with Gasteiger partial charge in [-0.2, -0.15) is 0 Å². The van der Waals surface area contributed by atoms with Crippen molar-refractivity contribution in [1.82, 2.24) is 4.90 Å². The van der Waals surface area contributed by atoms with E-state index in [1.807, 2.05) is 30.3 Å². The van der Waals surface area contributed by atoms with E-state index in [2.05, 4.69) is 0 Å². The van der Waals surface area contributed by atoms with Crippen molar-refractivity contribution in [2.24, 2.45) is 11.5 Å². The monoisotopic (exact) mass is 271 g/mol. The summed E-state index contributed by atoms with van der Waals surface area (Å²) in [5, 5.41) is 0. The molecule has 0 saturated heterocycles. The van der Waals surface area contributed by atoms with Gasteiger partial charge < -0.3 is 16.4 Å². The minimum Gasteiger partial charge on any atom is -0.370 e. The van der Waals surface area contributed by atoms with E-state index in [-0.39, 0.29) is 31.3 Å². The molecule has 0 aliphatic rings. The number of hydrogen-bond donors (Lipinski definition) is 2. The molecule has 0 bridgehead atoms. The topological polar surface area (TPSA) is 89.4 Å². The first-order valence-corrected chi connectivity index (χ1v) is 5.43. The van der Waals surface area contributed by atoms with Gasteiger partial charge in [0.2, 0.25) is 11.8 Å². The predicted molar refractivity (Wildman–Crippen MR) is 72.0 cm³/mol. The lowest BCUT2D eigenvalue weighted by atomic mass is 10.2. The molecular weight excluding hydrogens is 254 g/mol. The van der Waals surface area contributed by atoms with E-state index in [4.69, 9.17) is 11.5 Å². The summed E-state index contributed by atoms with van der Waals surface area (Å²) in [4.78, 5) is 23.8. The highest BCUT2D eigenvalue weighted by Crippen LogP contribution is 2.05. The number of hydrogen-bond acceptors (Lipinski definition) is 3. The van der Waals surface area contributed by atoms with Crippen LogP contribution in [0.5, 0.6) is 0 Å². The van der Waals surface area contributed by atoms with Gasteiger partial charge in [-0.3, -0.25) is 9.59 Å². The fourth-order valence-corrected chi connectivity index (χ4v) is 1.47. The van der Waals surface area contributed by atoms with Crippen molar-refractivity contribution in [2.75, 3.05) is 13.1 Å². The fourth-order valence-electron chi connectivity index (χ4n) is 1.47. The van der Waals surface area contributed by atoms with E-state index in [0.717, 1.165) is 5.56 Å². The first kappa shape index (κ1) is 16.4. The summed E-state index contributed by atoms with van der Waals surface area (Å²) in [5.74, 6) is -0.608. The van der Waals surface area contributed by atoms with Crippen LogP contribution in [0.3, 0.4) is 0 Å². The zero-order valence-electron chi connectivity index (χ0n) is 10.0. The molecule has 18 heavy (non-hydrogen) atoms. The number of rotatable bonds is 6. The number of carbonyl (C=O) groups excluding carboxylic acids is 2. The molecule has 0 aliphatic heterocycles. The van der Waals surface area contributed by atoms with E-state index in [0.29, 0.717) is 13.1 Å². The molecule has 0 unspecified atom stereocenters. The van der Waals surface area contributed by atoms with Crippen molar-refractivity contribution in [3.8, 4) is 0 Å². The maximum absolute atomic E-state index is 11.6. The molecule has 6 heteroatoms. The minimum atomic E-state index is -0.423. The lowest BCUT2D eigenvalue weighted by Gasteiger charge is -2.21. The molecule has 0 spiro atoms. The lowest BCUT2D eigenvalue weighted by molar-refractivity contribution is -0.130. The Kier molecular flexibility index (Phi) is 7.74. The van der Waals surface area contributed by atoms with Crippen LogP contribution in [-0.4, -0.2) is 29.8 Å². The van der Waals surface area contributed by atoms with Gasteiger partial charge in [-0.25, -0.2) is 0 Å². The number of nitrogens with two attached hydrogens (primary N) is 2. The molecular formula is C12H18ClN3O2. The molecule has 0 fully saturated rings. The molecule has 5 nitrogen and oxygen atoms in total. The molecule has 0 aromatic heterocycles. The largest absolute Gasteiger partial charge is 0.370 e. The second-order valence-electron chi connectivity index (χ2n) is 3.72. The third kappa shape index (κ3) is 5.65. The Labute approximate surface area is 113 Å². The summed E-state index contributed by atoms with van der Waals surface area (Å²) in [6.07, 6.45) is 0.151. The van der Waals surface area contributed by atoms with E-state index in [1.54, 1.807) is 4.90 Å². The number of primary amides is 1. The summed E-state index contributed by atoms with van der Waals surface area (Å²) in [5.41, 5.74) is 11.4. The highest BCUT2D eigenvalue weighted by atomic mass is 35.5. The zero-order valence-corrected chi connectivity index (χ0v) is 10.9. The number of carbonyl (C=O) groups is 2. The van der Waals surface area contributed by atoms with Gasteiger partial charge in [0.1, 0.15) is 0 Å². The maximum atomic E-state index is 11.6. The molecule has 1 aromatic rings. The van der Waals surface area contributed by atoms with Gasteiger partial charge in [-0.05, 0) is 5.56 Å². The lowest BCUT2D eigenvalue weighted by Crippen LogP contribution is -2.37. The van der Waals surface area contributed by atoms with Crippen LogP contribution < -0.4 is 11.5 Å². The molecule has 2 amide bonds. The summed E-state index contributed by atoms with van der Waals surface area (Å²) < 4.78 is 0. The second kappa shape index (κ2) is 8.49. The van der Waals surface area contributed by atoms with E-state index in [9.17, 15) is 9.59 Å². The van der Waals surface area contributed by atoms with Crippen LogP contribution in [0.4, 0.5) is 0 Å². The van der Waals surface area contributed by atoms with Gasteiger partial charge in [0.25, 0.3) is 0 Å². The van der Waals surface area contributed by atoms with Crippen LogP contribution in [0.1, 0.15) is 12.0 Å². The normalized spacial score (nSPS) is 9.39. The molecule has 0 heterocycles. The molecule has 0 aliphatic carbocycles. The Morgan fingerprint density at radius 2 is 1.78 bits per heavy atom. The van der Waals surface area contributed by atoms with E-state index in [1.165, 1.54) is 0 Å². The third-order valence-electron chi connectivity index (χ3n) is 2.37. The van der Waals surface area contributed by atoms with Crippen molar-refractivity contribution in [2.45, 2.75) is 13.0 Å². The standard InChI is InChI=1S/C12H17N3O2.ClH/c13-8-12(17)15(7-6-11(14)16)9-10-4-2-1-3-5-10;/h1-5H,6-9,13H2,(H2,14,16);1H. The van der Waals surface area contributed by atoms with Crippen LogP contribution >= 0.6 is 12.4 Å². The predicted octanol–water partition coefficient (Wildman–Crippen LogP) is 0.271. The molecule has 0 radical (unpaired) electrons. The maximum Gasteiger partial charge on any atom is 0.236 e. The summed E-state index contributed by atoms with van der Waals surface area (Å²) in [7, 11) is 0. The van der Waals surface area contributed by atoms with E-state index >= 15 is 0 Å². The van der Waals surface area contributed by atoms with Gasteiger partial charge in [0, 0.05) is 19.5 Å². The van der Waals surface area contributed by atoms with Gasteiger partial charge in [-0.15, -0.1) is 12.4 Å². The van der Waals surface area contributed by atoms with E-state index < -0.39 is 5.91 Å². The van der Waals surface area contributed by atoms with Crippen molar-refractivity contribution in [1.29, 1.82) is 0 Å². The molecule has 1 aromatic carbocycles. The fraction of sp³-hybridized carbons (Fsp3) is 0.333. The Balaban J connectivity index is 0.00000289. The Hall–Kier alpha value is -1.59. The summed E-state index contributed by atoms with van der Waals surface area (Å²) in [6, 6.07) is 9.53. The van der Waals surface area contributed by atoms with Crippen LogP contribution in [0.2, 0.25) is 0 Å². The van der Waals surface area contributed by atoms with Crippen LogP contribution in [0.15, 0.2) is 30.3 Å². The number of halogens is 1. The molecule has 1 rings (SSSR count).